The highest BCUT2D eigenvalue weighted by atomic mass is 16.6. The van der Waals surface area contributed by atoms with Crippen molar-refractivity contribution in [2.75, 3.05) is 0 Å². The van der Waals surface area contributed by atoms with Crippen molar-refractivity contribution in [1.29, 1.82) is 0 Å². The van der Waals surface area contributed by atoms with E-state index in [1.54, 1.807) is 0 Å². The van der Waals surface area contributed by atoms with Crippen molar-refractivity contribution in [3.05, 3.63) is 0 Å². The van der Waals surface area contributed by atoms with Crippen LogP contribution in [0.25, 0.3) is 0 Å². The molecule has 0 aromatic heterocycles. The van der Waals surface area contributed by atoms with Crippen LogP contribution in [0.15, 0.2) is 0 Å². The number of hydrogen-bond donors (Lipinski definition) is 0. The zero-order chi connectivity index (χ0) is 8.48. The SMILES string of the molecule is CC(=O)OC(C)(C)C1CCC1. The lowest BCUT2D eigenvalue weighted by atomic mass is 9.74. The minimum Gasteiger partial charge on any atom is -0.460 e. The average Bonchev–Trinajstić information content (AvgIpc) is 1.50. The normalized spacial score (nSPS) is 19.2. The predicted octanol–water partition coefficient (Wildman–Crippen LogP) is 2.13. The van der Waals surface area contributed by atoms with Crippen LogP contribution < -0.4 is 0 Å². The van der Waals surface area contributed by atoms with Gasteiger partial charge in [0, 0.05) is 6.92 Å². The zero-order valence-corrected chi connectivity index (χ0v) is 7.52. The smallest absolute Gasteiger partial charge is 0.303 e. The van der Waals surface area contributed by atoms with Gasteiger partial charge in [0.2, 0.25) is 0 Å². The Bertz CT molecular complexity index is 157. The number of carbonyl (C=O) groups excluding carboxylic acids is 1. The van der Waals surface area contributed by atoms with E-state index in [-0.39, 0.29) is 11.6 Å². The van der Waals surface area contributed by atoms with Crippen molar-refractivity contribution in [2.24, 2.45) is 5.92 Å². The molecule has 1 rings (SSSR count). The molecule has 2 nitrogen and oxygen atoms in total. The van der Waals surface area contributed by atoms with Gasteiger partial charge in [0.25, 0.3) is 0 Å². The molecule has 1 fully saturated rings. The van der Waals surface area contributed by atoms with Gasteiger partial charge >= 0.3 is 5.97 Å². The van der Waals surface area contributed by atoms with Crippen molar-refractivity contribution < 1.29 is 9.53 Å². The van der Waals surface area contributed by atoms with Crippen LogP contribution in [0.3, 0.4) is 0 Å². The Morgan fingerprint density at radius 1 is 1.45 bits per heavy atom. The van der Waals surface area contributed by atoms with Gasteiger partial charge in [-0.25, -0.2) is 0 Å². The highest BCUT2D eigenvalue weighted by Gasteiger charge is 2.36. The van der Waals surface area contributed by atoms with Crippen LogP contribution in [-0.4, -0.2) is 11.6 Å². The fraction of sp³-hybridized carbons (Fsp3) is 0.889. The zero-order valence-electron chi connectivity index (χ0n) is 7.52. The van der Waals surface area contributed by atoms with Crippen LogP contribution in [0.5, 0.6) is 0 Å². The lowest BCUT2D eigenvalue weighted by Gasteiger charge is -2.39. The van der Waals surface area contributed by atoms with Crippen LogP contribution in [0.2, 0.25) is 0 Å². The van der Waals surface area contributed by atoms with Crippen molar-refractivity contribution >= 4 is 5.97 Å². The Kier molecular flexibility index (Phi) is 2.21. The molecule has 0 radical (unpaired) electrons. The Labute approximate surface area is 67.9 Å². The molecule has 0 amide bonds. The van der Waals surface area contributed by atoms with Gasteiger partial charge < -0.3 is 4.74 Å². The van der Waals surface area contributed by atoms with E-state index in [9.17, 15) is 4.79 Å². The van der Waals surface area contributed by atoms with Gasteiger partial charge in [-0.05, 0) is 32.6 Å². The third kappa shape index (κ3) is 1.95. The summed E-state index contributed by atoms with van der Waals surface area (Å²) in [6, 6.07) is 0. The van der Waals surface area contributed by atoms with E-state index in [1.165, 1.54) is 26.2 Å². The number of carbonyl (C=O) groups is 1. The topological polar surface area (TPSA) is 26.3 Å². The highest BCUT2D eigenvalue weighted by molar-refractivity contribution is 5.66. The Hall–Kier alpha value is -0.530. The molecule has 0 N–H and O–H groups in total. The van der Waals surface area contributed by atoms with Crippen molar-refractivity contribution in [1.82, 2.24) is 0 Å². The van der Waals surface area contributed by atoms with Gasteiger partial charge in [0.1, 0.15) is 5.60 Å². The molecule has 0 saturated heterocycles. The maximum Gasteiger partial charge on any atom is 0.303 e. The maximum atomic E-state index is 10.7. The summed E-state index contributed by atoms with van der Waals surface area (Å²) in [4.78, 5) is 10.7. The lowest BCUT2D eigenvalue weighted by molar-refractivity contribution is -0.162. The third-order valence-corrected chi connectivity index (χ3v) is 2.50. The van der Waals surface area contributed by atoms with E-state index < -0.39 is 0 Å². The molecule has 0 spiro atoms. The molecule has 0 unspecified atom stereocenters. The first-order valence-corrected chi connectivity index (χ1v) is 4.22. The molecule has 2 heteroatoms. The van der Waals surface area contributed by atoms with Crippen LogP contribution in [-0.2, 0) is 9.53 Å². The standard InChI is InChI=1S/C9H16O2/c1-7(10)11-9(2,3)8-5-4-6-8/h8H,4-6H2,1-3H3. The number of hydrogen-bond acceptors (Lipinski definition) is 2. The summed E-state index contributed by atoms with van der Waals surface area (Å²) in [5, 5.41) is 0. The molecule has 1 saturated carbocycles. The second-order valence-corrected chi connectivity index (χ2v) is 3.82. The third-order valence-electron chi connectivity index (χ3n) is 2.50. The lowest BCUT2D eigenvalue weighted by Crippen LogP contribution is -2.39. The molecule has 0 heterocycles. The minimum atomic E-state index is -0.232. The number of ether oxygens (including phenoxy) is 1. The largest absolute Gasteiger partial charge is 0.460 e. The van der Waals surface area contributed by atoms with Crippen LogP contribution in [0.4, 0.5) is 0 Å². The second kappa shape index (κ2) is 2.84. The highest BCUT2D eigenvalue weighted by Crippen LogP contribution is 2.37. The molecule has 0 aliphatic heterocycles. The van der Waals surface area contributed by atoms with E-state index in [0.29, 0.717) is 5.92 Å². The Morgan fingerprint density at radius 2 is 2.00 bits per heavy atom. The fourth-order valence-electron chi connectivity index (χ4n) is 1.56. The molecule has 64 valence electrons. The first kappa shape index (κ1) is 8.57. The fourth-order valence-corrected chi connectivity index (χ4v) is 1.56. The monoisotopic (exact) mass is 156 g/mol. The molecule has 1 aliphatic carbocycles. The van der Waals surface area contributed by atoms with Crippen molar-refractivity contribution in [3.8, 4) is 0 Å². The number of esters is 1. The molecular weight excluding hydrogens is 140 g/mol. The molecule has 0 atom stereocenters. The van der Waals surface area contributed by atoms with E-state index in [4.69, 9.17) is 4.74 Å². The summed E-state index contributed by atoms with van der Waals surface area (Å²) in [6.45, 7) is 5.47. The summed E-state index contributed by atoms with van der Waals surface area (Å²) >= 11 is 0. The van der Waals surface area contributed by atoms with Gasteiger partial charge in [-0.15, -0.1) is 0 Å². The van der Waals surface area contributed by atoms with Crippen LogP contribution >= 0.6 is 0 Å². The Balaban J connectivity index is 2.43. The molecule has 0 aromatic carbocycles. The van der Waals surface area contributed by atoms with Gasteiger partial charge in [-0.1, -0.05) is 6.42 Å². The molecule has 0 aromatic rings. The average molecular weight is 156 g/mol. The van der Waals surface area contributed by atoms with E-state index in [1.807, 2.05) is 13.8 Å². The van der Waals surface area contributed by atoms with Crippen LogP contribution in [0, 0.1) is 5.92 Å². The summed E-state index contributed by atoms with van der Waals surface area (Å²) in [5.41, 5.74) is -0.232. The minimum absolute atomic E-state index is 0.165. The maximum absolute atomic E-state index is 10.7. The quantitative estimate of drug-likeness (QED) is 0.572. The van der Waals surface area contributed by atoms with Gasteiger partial charge in [-0.2, -0.15) is 0 Å². The molecule has 11 heavy (non-hydrogen) atoms. The molecule has 1 aliphatic rings. The second-order valence-electron chi connectivity index (χ2n) is 3.82. The van der Waals surface area contributed by atoms with Gasteiger partial charge in [-0.3, -0.25) is 4.79 Å². The van der Waals surface area contributed by atoms with Crippen molar-refractivity contribution in [3.63, 3.8) is 0 Å². The van der Waals surface area contributed by atoms with E-state index >= 15 is 0 Å². The predicted molar refractivity (Wildman–Crippen MR) is 43.2 cm³/mol. The first-order chi connectivity index (χ1) is 5.02. The summed E-state index contributed by atoms with van der Waals surface area (Å²) in [6.07, 6.45) is 3.70. The molecule has 0 bridgehead atoms. The van der Waals surface area contributed by atoms with Gasteiger partial charge in [0.05, 0.1) is 0 Å². The summed E-state index contributed by atoms with van der Waals surface area (Å²) in [5.74, 6) is 0.424. The first-order valence-electron chi connectivity index (χ1n) is 4.22. The van der Waals surface area contributed by atoms with Crippen molar-refractivity contribution in [2.45, 2.75) is 45.6 Å². The van der Waals surface area contributed by atoms with E-state index in [0.717, 1.165) is 0 Å². The Morgan fingerprint density at radius 3 is 2.27 bits per heavy atom. The van der Waals surface area contributed by atoms with Gasteiger partial charge in [0.15, 0.2) is 0 Å². The summed E-state index contributed by atoms with van der Waals surface area (Å²) < 4.78 is 5.20. The van der Waals surface area contributed by atoms with E-state index in [2.05, 4.69) is 0 Å². The molecular formula is C9H16O2. The number of rotatable bonds is 2. The summed E-state index contributed by atoms with van der Waals surface area (Å²) in [7, 11) is 0. The van der Waals surface area contributed by atoms with Crippen LogP contribution in [0.1, 0.15) is 40.0 Å².